The molecule has 0 bridgehead atoms. The fourth-order valence-electron chi connectivity index (χ4n) is 3.23. The summed E-state index contributed by atoms with van der Waals surface area (Å²) in [6.45, 7) is 0.662. The number of rotatable bonds is 3. The molecular formula is C20H16N4S2. The topological polar surface area (TPSA) is 66.8 Å². The third-order valence-electron chi connectivity index (χ3n) is 4.45. The molecule has 1 unspecified atom stereocenters. The number of nitrogens with zero attached hydrogens (tertiary/aromatic N) is 2. The highest BCUT2D eigenvalue weighted by Crippen LogP contribution is 2.44. The summed E-state index contributed by atoms with van der Waals surface area (Å²) in [4.78, 5) is 1.03. The summed E-state index contributed by atoms with van der Waals surface area (Å²) >= 11 is 7.17. The second-order valence-electron chi connectivity index (χ2n) is 6.06. The molecule has 0 radical (unpaired) electrons. The van der Waals surface area contributed by atoms with E-state index < -0.39 is 0 Å². The van der Waals surface area contributed by atoms with Gasteiger partial charge in [0, 0.05) is 0 Å². The van der Waals surface area contributed by atoms with Crippen molar-refractivity contribution < 1.29 is 0 Å². The summed E-state index contributed by atoms with van der Waals surface area (Å²) in [6.07, 6.45) is 0. The van der Waals surface area contributed by atoms with Gasteiger partial charge < -0.3 is 15.6 Å². The van der Waals surface area contributed by atoms with Crippen LogP contribution in [-0.4, -0.2) is 4.57 Å². The molecule has 6 heteroatoms. The lowest BCUT2D eigenvalue weighted by Crippen LogP contribution is -2.24. The number of nitrogens with two attached hydrogens (primary N) is 1. The molecule has 0 amide bonds. The number of aromatic nitrogens is 1. The van der Waals surface area contributed by atoms with E-state index in [0.717, 1.165) is 25.8 Å². The quantitative estimate of drug-likeness (QED) is 0.657. The van der Waals surface area contributed by atoms with Crippen molar-refractivity contribution in [3.8, 4) is 6.07 Å². The number of nitrogens with one attached hydrogen (secondary N) is 1. The highest BCUT2D eigenvalue weighted by atomic mass is 32.1. The van der Waals surface area contributed by atoms with E-state index in [2.05, 4.69) is 28.1 Å². The number of fused-ring (bicyclic) bond motifs is 1. The van der Waals surface area contributed by atoms with Gasteiger partial charge in [0.2, 0.25) is 0 Å². The van der Waals surface area contributed by atoms with Gasteiger partial charge in [0.1, 0.15) is 11.6 Å². The Morgan fingerprint density at radius 3 is 2.42 bits per heavy atom. The second-order valence-corrected chi connectivity index (χ2v) is 7.74. The van der Waals surface area contributed by atoms with E-state index in [1.54, 1.807) is 0 Å². The van der Waals surface area contributed by atoms with Crippen molar-refractivity contribution in [2.24, 2.45) is 5.73 Å². The number of hydrogen-bond donors (Lipinski definition) is 2. The smallest absolute Gasteiger partial charge is 0.163 e. The van der Waals surface area contributed by atoms with Crippen molar-refractivity contribution in [3.63, 3.8) is 0 Å². The minimum atomic E-state index is -0.193. The summed E-state index contributed by atoms with van der Waals surface area (Å²) in [6, 6.07) is 22.4. The minimum absolute atomic E-state index is 0.193. The lowest BCUT2D eigenvalue weighted by Gasteiger charge is -2.25. The second kappa shape index (κ2) is 6.79. The van der Waals surface area contributed by atoms with E-state index >= 15 is 0 Å². The van der Waals surface area contributed by atoms with Crippen LogP contribution in [0.4, 0.5) is 5.82 Å². The van der Waals surface area contributed by atoms with Crippen molar-refractivity contribution in [2.45, 2.75) is 12.5 Å². The third kappa shape index (κ3) is 2.81. The van der Waals surface area contributed by atoms with Gasteiger partial charge in [0.05, 0.1) is 29.0 Å². The Balaban J connectivity index is 1.86. The van der Waals surface area contributed by atoms with Crippen molar-refractivity contribution in [1.82, 2.24) is 4.57 Å². The SMILES string of the molecule is N#CC1=C(N)Nc2c(sc(=S)n2Cc2ccccc2)C1c1ccccc1. The molecule has 0 saturated heterocycles. The monoisotopic (exact) mass is 376 g/mol. The molecule has 0 spiro atoms. The van der Waals surface area contributed by atoms with Gasteiger partial charge in [-0.2, -0.15) is 5.26 Å². The van der Waals surface area contributed by atoms with Crippen LogP contribution in [0.5, 0.6) is 0 Å². The molecule has 128 valence electrons. The van der Waals surface area contributed by atoms with E-state index in [0.29, 0.717) is 17.9 Å². The van der Waals surface area contributed by atoms with Crippen molar-refractivity contribution in [2.75, 3.05) is 5.32 Å². The standard InChI is InChI=1S/C20H16N4S2/c21-11-15-16(14-9-5-2-6-10-14)17-19(23-18(15)22)24(20(25)26-17)12-13-7-3-1-4-8-13/h1-10,16,23H,12,22H2. The molecule has 1 aliphatic heterocycles. The Kier molecular flexibility index (Phi) is 4.33. The molecule has 3 aromatic rings. The van der Waals surface area contributed by atoms with E-state index in [1.807, 2.05) is 48.5 Å². The van der Waals surface area contributed by atoms with Gasteiger partial charge in [-0.25, -0.2) is 0 Å². The zero-order valence-electron chi connectivity index (χ0n) is 13.8. The number of hydrogen-bond acceptors (Lipinski definition) is 5. The molecule has 0 aliphatic carbocycles. The molecule has 1 atom stereocenters. The summed E-state index contributed by atoms with van der Waals surface area (Å²) in [5.74, 6) is 1.08. The average Bonchev–Trinajstić information content (AvgIpc) is 2.97. The first-order valence-electron chi connectivity index (χ1n) is 8.18. The van der Waals surface area contributed by atoms with Gasteiger partial charge in [-0.15, -0.1) is 11.3 Å². The number of nitriles is 1. The van der Waals surface area contributed by atoms with Crippen LogP contribution in [0, 0.1) is 15.3 Å². The first-order chi connectivity index (χ1) is 12.7. The molecular weight excluding hydrogens is 360 g/mol. The highest BCUT2D eigenvalue weighted by Gasteiger charge is 2.32. The molecule has 4 rings (SSSR count). The fraction of sp³-hybridized carbons (Fsp3) is 0.100. The van der Waals surface area contributed by atoms with Crippen molar-refractivity contribution >= 4 is 29.4 Å². The maximum absolute atomic E-state index is 9.67. The summed E-state index contributed by atoms with van der Waals surface area (Å²) < 4.78 is 2.82. The van der Waals surface area contributed by atoms with Crippen LogP contribution >= 0.6 is 23.6 Å². The molecule has 4 nitrogen and oxygen atoms in total. The Morgan fingerprint density at radius 1 is 1.12 bits per heavy atom. The largest absolute Gasteiger partial charge is 0.384 e. The van der Waals surface area contributed by atoms with E-state index in [9.17, 15) is 5.26 Å². The predicted molar refractivity (Wildman–Crippen MR) is 107 cm³/mol. The van der Waals surface area contributed by atoms with E-state index in [-0.39, 0.29) is 5.92 Å². The van der Waals surface area contributed by atoms with Gasteiger partial charge in [0.25, 0.3) is 0 Å². The van der Waals surface area contributed by atoms with Gasteiger partial charge in [-0.3, -0.25) is 0 Å². The number of allylic oxidation sites excluding steroid dienone is 1. The van der Waals surface area contributed by atoms with Crippen LogP contribution in [0.1, 0.15) is 21.9 Å². The summed E-state index contributed by atoms with van der Waals surface area (Å²) in [7, 11) is 0. The van der Waals surface area contributed by atoms with Crippen LogP contribution < -0.4 is 11.1 Å². The Morgan fingerprint density at radius 2 is 1.77 bits per heavy atom. The number of benzene rings is 2. The maximum atomic E-state index is 9.67. The van der Waals surface area contributed by atoms with Gasteiger partial charge in [-0.05, 0) is 23.3 Å². The molecule has 2 aromatic carbocycles. The minimum Gasteiger partial charge on any atom is -0.384 e. The number of thiazole rings is 1. The first-order valence-corrected chi connectivity index (χ1v) is 9.40. The number of anilines is 1. The van der Waals surface area contributed by atoms with E-state index in [4.69, 9.17) is 18.0 Å². The lowest BCUT2D eigenvalue weighted by atomic mass is 9.88. The van der Waals surface area contributed by atoms with Crippen molar-refractivity contribution in [1.29, 1.82) is 5.26 Å². The van der Waals surface area contributed by atoms with Crippen LogP contribution in [0.3, 0.4) is 0 Å². The van der Waals surface area contributed by atoms with Crippen LogP contribution in [0.25, 0.3) is 0 Å². The Hall–Kier alpha value is -2.88. The van der Waals surface area contributed by atoms with Gasteiger partial charge >= 0.3 is 0 Å². The molecule has 0 saturated carbocycles. The predicted octanol–water partition coefficient (Wildman–Crippen LogP) is 4.58. The van der Waals surface area contributed by atoms with Crippen LogP contribution in [0.15, 0.2) is 72.1 Å². The summed E-state index contributed by atoms with van der Waals surface area (Å²) in [5, 5.41) is 12.9. The van der Waals surface area contributed by atoms with E-state index in [1.165, 1.54) is 11.3 Å². The highest BCUT2D eigenvalue weighted by molar-refractivity contribution is 7.73. The van der Waals surface area contributed by atoms with Crippen LogP contribution in [-0.2, 0) is 6.54 Å². The molecule has 3 N–H and O–H groups in total. The Labute approximate surface area is 160 Å². The lowest BCUT2D eigenvalue weighted by molar-refractivity contribution is 0.789. The van der Waals surface area contributed by atoms with Gasteiger partial charge in [0.15, 0.2) is 3.95 Å². The Bertz CT molecular complexity index is 1070. The molecule has 2 heterocycles. The first kappa shape index (κ1) is 16.6. The third-order valence-corrected chi connectivity index (χ3v) is 5.97. The zero-order chi connectivity index (χ0) is 18.1. The molecule has 1 aliphatic rings. The van der Waals surface area contributed by atoms with Crippen LogP contribution in [0.2, 0.25) is 0 Å². The summed E-state index contributed by atoms with van der Waals surface area (Å²) in [5.41, 5.74) is 8.94. The van der Waals surface area contributed by atoms with Crippen molar-refractivity contribution in [3.05, 3.63) is 92.0 Å². The molecule has 26 heavy (non-hydrogen) atoms. The zero-order valence-corrected chi connectivity index (χ0v) is 15.5. The average molecular weight is 377 g/mol. The fourth-order valence-corrected chi connectivity index (χ4v) is 4.73. The normalized spacial score (nSPS) is 15.9. The molecule has 1 aromatic heterocycles. The molecule has 0 fully saturated rings. The maximum Gasteiger partial charge on any atom is 0.163 e. The van der Waals surface area contributed by atoms with Gasteiger partial charge in [-0.1, -0.05) is 60.7 Å².